The SMILES string of the molecule is CC(C)Cc1nc2cc(C(C)N)ccn2n1. The van der Waals surface area contributed by atoms with E-state index in [-0.39, 0.29) is 6.04 Å². The number of fused-ring (bicyclic) bond motifs is 1. The summed E-state index contributed by atoms with van der Waals surface area (Å²) in [6.45, 7) is 6.30. The van der Waals surface area contributed by atoms with Gasteiger partial charge in [-0.2, -0.15) is 5.10 Å². The first-order valence-electron chi connectivity index (χ1n) is 5.67. The molecule has 0 aliphatic rings. The third-order valence-corrected chi connectivity index (χ3v) is 2.52. The Kier molecular flexibility index (Phi) is 2.92. The number of nitrogens with zero attached hydrogens (tertiary/aromatic N) is 3. The van der Waals surface area contributed by atoms with Gasteiger partial charge in [-0.1, -0.05) is 13.8 Å². The van der Waals surface area contributed by atoms with Crippen molar-refractivity contribution < 1.29 is 0 Å². The normalized spacial score (nSPS) is 13.6. The minimum atomic E-state index is 0.0373. The first kappa shape index (κ1) is 11.1. The Morgan fingerprint density at radius 3 is 2.75 bits per heavy atom. The number of nitrogens with two attached hydrogens (primary N) is 1. The zero-order valence-electron chi connectivity index (χ0n) is 10.0. The second-order valence-electron chi connectivity index (χ2n) is 4.68. The van der Waals surface area contributed by atoms with E-state index in [0.717, 1.165) is 23.5 Å². The third kappa shape index (κ3) is 2.22. The molecule has 2 aromatic heterocycles. The van der Waals surface area contributed by atoms with Gasteiger partial charge in [-0.05, 0) is 30.5 Å². The molecule has 2 N–H and O–H groups in total. The molecule has 0 bridgehead atoms. The van der Waals surface area contributed by atoms with Crippen molar-refractivity contribution in [2.24, 2.45) is 11.7 Å². The van der Waals surface area contributed by atoms with Crippen molar-refractivity contribution in [3.05, 3.63) is 29.7 Å². The molecular formula is C12H18N4. The molecule has 2 rings (SSSR count). The standard InChI is InChI=1S/C12H18N4/c1-8(2)6-11-14-12-7-10(9(3)13)4-5-16(12)15-11/h4-5,7-9H,6,13H2,1-3H3. The van der Waals surface area contributed by atoms with E-state index in [1.807, 2.05) is 29.8 Å². The molecule has 4 nitrogen and oxygen atoms in total. The largest absolute Gasteiger partial charge is 0.324 e. The van der Waals surface area contributed by atoms with E-state index >= 15 is 0 Å². The molecule has 0 saturated heterocycles. The molecular weight excluding hydrogens is 200 g/mol. The van der Waals surface area contributed by atoms with E-state index in [9.17, 15) is 0 Å². The van der Waals surface area contributed by atoms with Gasteiger partial charge in [0, 0.05) is 18.7 Å². The van der Waals surface area contributed by atoms with Gasteiger partial charge >= 0.3 is 0 Å². The second kappa shape index (κ2) is 4.22. The van der Waals surface area contributed by atoms with Gasteiger partial charge in [0.25, 0.3) is 0 Å². The Labute approximate surface area is 95.5 Å². The summed E-state index contributed by atoms with van der Waals surface area (Å²) in [6, 6.07) is 4.03. The van der Waals surface area contributed by atoms with Crippen LogP contribution in [0.2, 0.25) is 0 Å². The van der Waals surface area contributed by atoms with Gasteiger partial charge in [0.05, 0.1) is 0 Å². The molecule has 1 unspecified atom stereocenters. The first-order chi connectivity index (χ1) is 7.56. The lowest BCUT2D eigenvalue weighted by atomic mass is 10.1. The summed E-state index contributed by atoms with van der Waals surface area (Å²) in [6.07, 6.45) is 2.83. The fourth-order valence-corrected chi connectivity index (χ4v) is 1.68. The smallest absolute Gasteiger partial charge is 0.155 e. The van der Waals surface area contributed by atoms with Gasteiger partial charge in [0.1, 0.15) is 0 Å². The highest BCUT2D eigenvalue weighted by atomic mass is 15.3. The van der Waals surface area contributed by atoms with Crippen molar-refractivity contribution in [3.8, 4) is 0 Å². The highest BCUT2D eigenvalue weighted by molar-refractivity contribution is 5.41. The summed E-state index contributed by atoms with van der Waals surface area (Å²) in [7, 11) is 0. The van der Waals surface area contributed by atoms with Crippen LogP contribution in [0.5, 0.6) is 0 Å². The fourth-order valence-electron chi connectivity index (χ4n) is 1.68. The molecule has 16 heavy (non-hydrogen) atoms. The van der Waals surface area contributed by atoms with Gasteiger partial charge in [-0.15, -0.1) is 0 Å². The number of hydrogen-bond donors (Lipinski definition) is 1. The average Bonchev–Trinajstić information content (AvgIpc) is 2.56. The van der Waals surface area contributed by atoms with Crippen molar-refractivity contribution in [1.82, 2.24) is 14.6 Å². The van der Waals surface area contributed by atoms with E-state index in [4.69, 9.17) is 5.73 Å². The molecule has 2 aromatic rings. The van der Waals surface area contributed by atoms with Crippen molar-refractivity contribution >= 4 is 5.65 Å². The average molecular weight is 218 g/mol. The maximum absolute atomic E-state index is 5.83. The van der Waals surface area contributed by atoms with Crippen LogP contribution in [0.1, 0.15) is 38.2 Å². The Bertz CT molecular complexity index is 485. The summed E-state index contributed by atoms with van der Waals surface area (Å²) >= 11 is 0. The van der Waals surface area contributed by atoms with Gasteiger partial charge in [-0.3, -0.25) is 0 Å². The van der Waals surface area contributed by atoms with Crippen LogP contribution in [0.4, 0.5) is 0 Å². The van der Waals surface area contributed by atoms with Gasteiger partial charge in [0.2, 0.25) is 0 Å². The lowest BCUT2D eigenvalue weighted by Gasteiger charge is -2.03. The molecule has 0 aromatic carbocycles. The monoisotopic (exact) mass is 218 g/mol. The summed E-state index contributed by atoms with van der Waals surface area (Å²) in [5.41, 5.74) is 7.81. The number of rotatable bonds is 3. The highest BCUT2D eigenvalue weighted by Crippen LogP contribution is 2.12. The van der Waals surface area contributed by atoms with E-state index in [1.54, 1.807) is 0 Å². The molecule has 86 valence electrons. The van der Waals surface area contributed by atoms with E-state index in [1.165, 1.54) is 0 Å². The highest BCUT2D eigenvalue weighted by Gasteiger charge is 2.07. The number of hydrogen-bond acceptors (Lipinski definition) is 3. The molecule has 0 radical (unpaired) electrons. The molecule has 0 spiro atoms. The van der Waals surface area contributed by atoms with Crippen LogP contribution in [0.15, 0.2) is 18.3 Å². The van der Waals surface area contributed by atoms with Crippen LogP contribution in [-0.2, 0) is 6.42 Å². The van der Waals surface area contributed by atoms with Crippen molar-refractivity contribution in [3.63, 3.8) is 0 Å². The maximum atomic E-state index is 5.83. The first-order valence-corrected chi connectivity index (χ1v) is 5.67. The summed E-state index contributed by atoms with van der Waals surface area (Å²) in [5, 5.41) is 4.42. The van der Waals surface area contributed by atoms with Crippen LogP contribution in [0, 0.1) is 5.92 Å². The molecule has 2 heterocycles. The molecule has 0 amide bonds. The van der Waals surface area contributed by atoms with Gasteiger partial charge in [-0.25, -0.2) is 9.50 Å². The lowest BCUT2D eigenvalue weighted by Crippen LogP contribution is -2.05. The Morgan fingerprint density at radius 2 is 2.12 bits per heavy atom. The Hall–Kier alpha value is -1.42. The maximum Gasteiger partial charge on any atom is 0.155 e. The fraction of sp³-hybridized carbons (Fsp3) is 0.500. The van der Waals surface area contributed by atoms with Crippen molar-refractivity contribution in [2.75, 3.05) is 0 Å². The lowest BCUT2D eigenvalue weighted by molar-refractivity contribution is 0.620. The number of aromatic nitrogens is 3. The van der Waals surface area contributed by atoms with E-state index in [2.05, 4.69) is 23.9 Å². The molecule has 0 saturated carbocycles. The van der Waals surface area contributed by atoms with Crippen LogP contribution < -0.4 is 5.73 Å². The molecule has 0 fully saturated rings. The minimum absolute atomic E-state index is 0.0373. The predicted octanol–water partition coefficient (Wildman–Crippen LogP) is 1.95. The summed E-state index contributed by atoms with van der Waals surface area (Å²) in [5.74, 6) is 1.47. The van der Waals surface area contributed by atoms with Gasteiger partial charge in [0.15, 0.2) is 11.5 Å². The van der Waals surface area contributed by atoms with Crippen molar-refractivity contribution in [1.29, 1.82) is 0 Å². The minimum Gasteiger partial charge on any atom is -0.324 e. The molecule has 1 atom stereocenters. The second-order valence-corrected chi connectivity index (χ2v) is 4.68. The molecule has 0 aliphatic heterocycles. The summed E-state index contributed by atoms with van der Waals surface area (Å²) in [4.78, 5) is 4.49. The van der Waals surface area contributed by atoms with Crippen LogP contribution in [0.25, 0.3) is 5.65 Å². The topological polar surface area (TPSA) is 56.2 Å². The summed E-state index contributed by atoms with van der Waals surface area (Å²) < 4.78 is 1.81. The Morgan fingerprint density at radius 1 is 1.38 bits per heavy atom. The quantitative estimate of drug-likeness (QED) is 0.856. The number of pyridine rings is 1. The molecule has 4 heteroatoms. The van der Waals surface area contributed by atoms with Crippen LogP contribution in [-0.4, -0.2) is 14.6 Å². The van der Waals surface area contributed by atoms with E-state index < -0.39 is 0 Å². The third-order valence-electron chi connectivity index (χ3n) is 2.52. The van der Waals surface area contributed by atoms with Gasteiger partial charge < -0.3 is 5.73 Å². The zero-order chi connectivity index (χ0) is 11.7. The zero-order valence-corrected chi connectivity index (χ0v) is 10.0. The van der Waals surface area contributed by atoms with E-state index in [0.29, 0.717) is 5.92 Å². The Balaban J connectivity index is 2.38. The van der Waals surface area contributed by atoms with Crippen LogP contribution in [0.3, 0.4) is 0 Å². The predicted molar refractivity (Wildman–Crippen MR) is 64.1 cm³/mol. The van der Waals surface area contributed by atoms with Crippen LogP contribution >= 0.6 is 0 Å². The molecule has 0 aliphatic carbocycles. The van der Waals surface area contributed by atoms with Crippen molar-refractivity contribution in [2.45, 2.75) is 33.2 Å².